The quantitative estimate of drug-likeness (QED) is 0.517. The van der Waals surface area contributed by atoms with Crippen molar-refractivity contribution >= 4 is 11.4 Å². The Kier molecular flexibility index (Phi) is 7.35. The van der Waals surface area contributed by atoms with E-state index in [-0.39, 0.29) is 0 Å². The Balaban J connectivity index is 2.49. The molecule has 2 heteroatoms. The highest BCUT2D eigenvalue weighted by molar-refractivity contribution is 5.60. The minimum atomic E-state index is 0.439. The van der Waals surface area contributed by atoms with Crippen molar-refractivity contribution in [3.05, 3.63) is 57.6 Å². The lowest BCUT2D eigenvalue weighted by Gasteiger charge is -2.19. The monoisotopic (exact) mass is 366 g/mol. The van der Waals surface area contributed by atoms with E-state index in [9.17, 15) is 0 Å². The van der Waals surface area contributed by atoms with E-state index < -0.39 is 0 Å². The van der Waals surface area contributed by atoms with Gasteiger partial charge in [0.25, 0.3) is 0 Å². The number of benzene rings is 2. The summed E-state index contributed by atoms with van der Waals surface area (Å²) in [6, 6.07) is 9.25. The topological polar surface area (TPSA) is 52.0 Å². The van der Waals surface area contributed by atoms with Crippen LogP contribution in [0.25, 0.3) is 0 Å². The molecule has 0 aromatic heterocycles. The fourth-order valence-corrected chi connectivity index (χ4v) is 3.96. The molecule has 0 spiro atoms. The second-order valence-corrected chi connectivity index (χ2v) is 8.50. The third-order valence-electron chi connectivity index (χ3n) is 5.41. The summed E-state index contributed by atoms with van der Waals surface area (Å²) in [4.78, 5) is 0. The van der Waals surface area contributed by atoms with Crippen LogP contribution in [-0.2, 0) is 19.3 Å². The van der Waals surface area contributed by atoms with Gasteiger partial charge in [-0.1, -0.05) is 78.6 Å². The molecule has 0 saturated heterocycles. The highest BCUT2D eigenvalue weighted by Gasteiger charge is 2.14. The minimum Gasteiger partial charge on any atom is -0.398 e. The van der Waals surface area contributed by atoms with Crippen molar-refractivity contribution in [3.63, 3.8) is 0 Å². The molecule has 2 rings (SSSR count). The molecule has 0 saturated carbocycles. The zero-order chi connectivity index (χ0) is 20.1. The Morgan fingerprint density at radius 2 is 1.04 bits per heavy atom. The van der Waals surface area contributed by atoms with Gasteiger partial charge in [0.2, 0.25) is 0 Å². The van der Waals surface area contributed by atoms with Crippen molar-refractivity contribution in [2.45, 2.75) is 85.5 Å². The van der Waals surface area contributed by atoms with Crippen molar-refractivity contribution in [3.8, 4) is 0 Å². The normalized spacial score (nSPS) is 11.6. The first-order chi connectivity index (χ1) is 12.8. The largest absolute Gasteiger partial charge is 0.398 e. The number of aryl methyl sites for hydroxylation is 2. The fourth-order valence-electron chi connectivity index (χ4n) is 3.96. The molecule has 27 heavy (non-hydrogen) atoms. The molecule has 2 aromatic rings. The molecule has 0 radical (unpaired) electrons. The number of nitrogens with two attached hydrogens (primary N) is 2. The summed E-state index contributed by atoms with van der Waals surface area (Å²) in [7, 11) is 0. The zero-order valence-electron chi connectivity index (χ0n) is 18.2. The molecular weight excluding hydrogens is 328 g/mol. The van der Waals surface area contributed by atoms with Crippen LogP contribution in [0.2, 0.25) is 0 Å². The average Bonchev–Trinajstić information content (AvgIpc) is 2.60. The zero-order valence-corrected chi connectivity index (χ0v) is 18.2. The molecule has 0 aliphatic heterocycles. The molecule has 0 unspecified atom stereocenters. The first-order valence-electron chi connectivity index (χ1n) is 10.6. The van der Waals surface area contributed by atoms with Crippen molar-refractivity contribution in [1.29, 1.82) is 0 Å². The lowest BCUT2D eigenvalue weighted by molar-refractivity contribution is 0.849. The summed E-state index contributed by atoms with van der Waals surface area (Å²) >= 11 is 0. The summed E-state index contributed by atoms with van der Waals surface area (Å²) in [5, 5.41) is 0. The van der Waals surface area contributed by atoms with E-state index in [0.717, 1.165) is 43.5 Å². The molecule has 2 nitrogen and oxygen atoms in total. The average molecular weight is 367 g/mol. The van der Waals surface area contributed by atoms with Crippen LogP contribution in [0.5, 0.6) is 0 Å². The Labute approximate surface area is 166 Å². The highest BCUT2D eigenvalue weighted by atomic mass is 14.6. The second kappa shape index (κ2) is 9.30. The van der Waals surface area contributed by atoms with E-state index in [4.69, 9.17) is 11.5 Å². The van der Waals surface area contributed by atoms with Crippen LogP contribution in [0, 0.1) is 0 Å². The molecular formula is C25H38N2. The maximum atomic E-state index is 6.46. The van der Waals surface area contributed by atoms with Crippen LogP contribution in [-0.4, -0.2) is 0 Å². The molecule has 0 amide bonds. The molecule has 0 fully saturated rings. The van der Waals surface area contributed by atoms with E-state index in [0.29, 0.717) is 11.8 Å². The number of anilines is 2. The van der Waals surface area contributed by atoms with Crippen LogP contribution in [0.4, 0.5) is 11.4 Å². The third kappa shape index (κ3) is 5.06. The first kappa shape index (κ1) is 21.3. The molecule has 0 bridgehead atoms. The standard InChI is InChI=1S/C25H38N2/c1-7-9-20-12-18(14-22(16(3)4)24(20)26)11-19-13-21(10-8-2)25(27)23(15-19)17(5)6/h12-17H,7-11,26-27H2,1-6H3. The highest BCUT2D eigenvalue weighted by Crippen LogP contribution is 2.32. The van der Waals surface area contributed by atoms with Crippen LogP contribution in [0.15, 0.2) is 24.3 Å². The van der Waals surface area contributed by atoms with Gasteiger partial charge in [-0.25, -0.2) is 0 Å². The van der Waals surface area contributed by atoms with Gasteiger partial charge in [-0.05, 0) is 64.5 Å². The van der Waals surface area contributed by atoms with Crippen molar-refractivity contribution in [1.82, 2.24) is 0 Å². The second-order valence-electron chi connectivity index (χ2n) is 8.50. The van der Waals surface area contributed by atoms with Gasteiger partial charge >= 0.3 is 0 Å². The Morgan fingerprint density at radius 3 is 1.33 bits per heavy atom. The molecule has 4 N–H and O–H groups in total. The smallest absolute Gasteiger partial charge is 0.0381 e. The third-order valence-corrected chi connectivity index (χ3v) is 5.41. The molecule has 148 valence electrons. The SMILES string of the molecule is CCCc1cc(Cc2cc(CCC)c(N)c(C(C)C)c2)cc(C(C)C)c1N. The summed E-state index contributed by atoms with van der Waals surface area (Å²) < 4.78 is 0. The van der Waals surface area contributed by atoms with Crippen molar-refractivity contribution in [2.75, 3.05) is 11.5 Å². The predicted molar refractivity (Wildman–Crippen MR) is 121 cm³/mol. The van der Waals surface area contributed by atoms with Gasteiger partial charge in [-0.3, -0.25) is 0 Å². The first-order valence-corrected chi connectivity index (χ1v) is 10.6. The molecule has 0 aliphatic carbocycles. The van der Waals surface area contributed by atoms with Gasteiger partial charge in [-0.2, -0.15) is 0 Å². The number of hydrogen-bond acceptors (Lipinski definition) is 2. The van der Waals surface area contributed by atoms with E-state index in [1.165, 1.54) is 33.4 Å². The lowest BCUT2D eigenvalue weighted by atomic mass is 9.88. The minimum absolute atomic E-state index is 0.439. The van der Waals surface area contributed by atoms with Gasteiger partial charge in [0.05, 0.1) is 0 Å². The van der Waals surface area contributed by atoms with Gasteiger partial charge < -0.3 is 11.5 Å². The van der Waals surface area contributed by atoms with E-state index in [1.807, 2.05) is 0 Å². The molecule has 0 atom stereocenters. The Hall–Kier alpha value is -1.96. The van der Waals surface area contributed by atoms with Gasteiger partial charge in [0.15, 0.2) is 0 Å². The van der Waals surface area contributed by atoms with Crippen LogP contribution >= 0.6 is 0 Å². The van der Waals surface area contributed by atoms with E-state index in [1.54, 1.807) is 0 Å². The molecule has 2 aromatic carbocycles. The maximum absolute atomic E-state index is 6.46. The van der Waals surface area contributed by atoms with Crippen LogP contribution in [0.3, 0.4) is 0 Å². The van der Waals surface area contributed by atoms with Gasteiger partial charge in [0.1, 0.15) is 0 Å². The van der Waals surface area contributed by atoms with Crippen LogP contribution in [0.1, 0.15) is 99.6 Å². The van der Waals surface area contributed by atoms with E-state index in [2.05, 4.69) is 65.8 Å². The molecule has 0 heterocycles. The predicted octanol–water partition coefficient (Wildman–Crippen LogP) is 6.59. The van der Waals surface area contributed by atoms with Gasteiger partial charge in [0, 0.05) is 11.4 Å². The lowest BCUT2D eigenvalue weighted by Crippen LogP contribution is -2.06. The summed E-state index contributed by atoms with van der Waals surface area (Å²) in [6.07, 6.45) is 5.25. The maximum Gasteiger partial charge on any atom is 0.0381 e. The van der Waals surface area contributed by atoms with Gasteiger partial charge in [-0.15, -0.1) is 0 Å². The number of nitrogen functional groups attached to an aromatic ring is 2. The fraction of sp³-hybridized carbons (Fsp3) is 0.520. The number of hydrogen-bond donors (Lipinski definition) is 2. The van der Waals surface area contributed by atoms with E-state index >= 15 is 0 Å². The summed E-state index contributed by atoms with van der Waals surface area (Å²) in [5.74, 6) is 0.878. The summed E-state index contributed by atoms with van der Waals surface area (Å²) in [5.41, 5.74) is 22.8. The Bertz CT molecular complexity index is 707. The summed E-state index contributed by atoms with van der Waals surface area (Å²) in [6.45, 7) is 13.3. The Morgan fingerprint density at radius 1 is 0.667 bits per heavy atom. The van der Waals surface area contributed by atoms with Crippen molar-refractivity contribution in [2.24, 2.45) is 0 Å². The molecule has 0 aliphatic rings. The van der Waals surface area contributed by atoms with Crippen molar-refractivity contribution < 1.29 is 0 Å². The van der Waals surface area contributed by atoms with Crippen LogP contribution < -0.4 is 11.5 Å². The number of rotatable bonds is 8.